The summed E-state index contributed by atoms with van der Waals surface area (Å²) in [5.41, 5.74) is 0.825. The number of aromatic amines is 1. The first kappa shape index (κ1) is 13.1. The van der Waals surface area contributed by atoms with Crippen molar-refractivity contribution in [1.82, 2.24) is 9.88 Å². The van der Waals surface area contributed by atoms with Crippen molar-refractivity contribution < 1.29 is 17.6 Å². The van der Waals surface area contributed by atoms with Gasteiger partial charge in [0.05, 0.1) is 5.25 Å². The average Bonchev–Trinajstić information content (AvgIpc) is 2.70. The van der Waals surface area contributed by atoms with Crippen LogP contribution in [-0.4, -0.2) is 48.8 Å². The zero-order chi connectivity index (χ0) is 14.5. The third-order valence-electron chi connectivity index (χ3n) is 3.58. The van der Waals surface area contributed by atoms with E-state index in [0.717, 1.165) is 6.26 Å². The number of likely N-dealkylation sites (tertiary alicyclic amines) is 1. The molecule has 2 heterocycles. The molecule has 1 amide bonds. The Morgan fingerprint density at radius 3 is 2.70 bits per heavy atom. The lowest BCUT2D eigenvalue weighted by Gasteiger charge is -2.37. The molecule has 3 rings (SSSR count). The zero-order valence-corrected chi connectivity index (χ0v) is 11.6. The number of hydrogen-bond donors (Lipinski definition) is 1. The molecule has 0 spiro atoms. The molecule has 1 fully saturated rings. The van der Waals surface area contributed by atoms with Crippen molar-refractivity contribution in [3.05, 3.63) is 35.8 Å². The largest absolute Gasteiger partial charge is 0.350 e. The van der Waals surface area contributed by atoms with E-state index in [2.05, 4.69) is 4.98 Å². The van der Waals surface area contributed by atoms with Crippen LogP contribution >= 0.6 is 0 Å². The normalized spacial score (nSPS) is 16.4. The van der Waals surface area contributed by atoms with Crippen molar-refractivity contribution in [2.45, 2.75) is 5.25 Å². The summed E-state index contributed by atoms with van der Waals surface area (Å²) in [4.78, 5) is 16.5. The first-order valence-corrected chi connectivity index (χ1v) is 8.07. The molecule has 1 aliphatic heterocycles. The van der Waals surface area contributed by atoms with Crippen molar-refractivity contribution >= 4 is 26.6 Å². The molecule has 5 nitrogen and oxygen atoms in total. The number of carbonyl (C=O) groups excluding carboxylic acids is 1. The summed E-state index contributed by atoms with van der Waals surface area (Å²) >= 11 is 0. The molecule has 1 aromatic carbocycles. The lowest BCUT2D eigenvalue weighted by atomic mass is 10.2. The fraction of sp³-hybridized carbons (Fsp3) is 0.308. The number of nitrogens with zero attached hydrogens (tertiary/aromatic N) is 1. The molecule has 106 valence electrons. The van der Waals surface area contributed by atoms with E-state index in [1.807, 2.05) is 0 Å². The van der Waals surface area contributed by atoms with E-state index in [0.29, 0.717) is 10.9 Å². The summed E-state index contributed by atoms with van der Waals surface area (Å²) in [5.74, 6) is -0.698. The van der Waals surface area contributed by atoms with Crippen LogP contribution in [0.5, 0.6) is 0 Å². The van der Waals surface area contributed by atoms with Crippen LogP contribution in [-0.2, 0) is 9.84 Å². The predicted molar refractivity (Wildman–Crippen MR) is 72.8 cm³/mol. The van der Waals surface area contributed by atoms with Gasteiger partial charge in [-0.15, -0.1) is 0 Å². The number of rotatable bonds is 2. The highest BCUT2D eigenvalue weighted by Gasteiger charge is 2.38. The molecule has 20 heavy (non-hydrogen) atoms. The highest BCUT2D eigenvalue weighted by molar-refractivity contribution is 7.91. The number of aromatic nitrogens is 1. The van der Waals surface area contributed by atoms with Gasteiger partial charge in [-0.2, -0.15) is 0 Å². The van der Waals surface area contributed by atoms with E-state index in [1.165, 1.54) is 17.0 Å². The second-order valence-electron chi connectivity index (χ2n) is 5.05. The van der Waals surface area contributed by atoms with E-state index in [4.69, 9.17) is 0 Å². The highest BCUT2D eigenvalue weighted by Crippen LogP contribution is 2.22. The van der Waals surface area contributed by atoms with E-state index in [-0.39, 0.29) is 24.7 Å². The molecule has 0 bridgehead atoms. The summed E-state index contributed by atoms with van der Waals surface area (Å²) in [6.45, 7) is 0.380. The van der Waals surface area contributed by atoms with Gasteiger partial charge in [-0.05, 0) is 18.2 Å². The lowest BCUT2D eigenvalue weighted by molar-refractivity contribution is 0.0654. The summed E-state index contributed by atoms with van der Waals surface area (Å²) in [7, 11) is -3.11. The number of halogens is 1. The first-order chi connectivity index (χ1) is 9.36. The summed E-state index contributed by atoms with van der Waals surface area (Å²) in [5, 5.41) is -0.136. The number of carbonyl (C=O) groups is 1. The van der Waals surface area contributed by atoms with Crippen molar-refractivity contribution in [3.8, 4) is 0 Å². The van der Waals surface area contributed by atoms with Crippen molar-refractivity contribution in [2.24, 2.45) is 0 Å². The van der Waals surface area contributed by atoms with Crippen LogP contribution in [0.25, 0.3) is 10.9 Å². The van der Waals surface area contributed by atoms with E-state index in [1.54, 1.807) is 12.1 Å². The molecule has 1 aliphatic rings. The highest BCUT2D eigenvalue weighted by atomic mass is 32.2. The molecule has 1 saturated heterocycles. The van der Waals surface area contributed by atoms with Gasteiger partial charge in [0.15, 0.2) is 9.84 Å². The van der Waals surface area contributed by atoms with Crippen LogP contribution < -0.4 is 0 Å². The van der Waals surface area contributed by atoms with E-state index in [9.17, 15) is 17.6 Å². The average molecular weight is 296 g/mol. The van der Waals surface area contributed by atoms with Gasteiger partial charge in [-0.3, -0.25) is 4.79 Å². The first-order valence-electron chi connectivity index (χ1n) is 6.11. The molecule has 1 aromatic heterocycles. The number of hydrogen-bond acceptors (Lipinski definition) is 3. The second kappa shape index (κ2) is 4.31. The predicted octanol–water partition coefficient (Wildman–Crippen LogP) is 1.18. The van der Waals surface area contributed by atoms with Gasteiger partial charge in [0.2, 0.25) is 0 Å². The summed E-state index contributed by atoms with van der Waals surface area (Å²) < 4.78 is 36.2. The number of fused-ring (bicyclic) bond motifs is 1. The van der Waals surface area contributed by atoms with Gasteiger partial charge in [0.25, 0.3) is 5.91 Å². The minimum Gasteiger partial charge on any atom is -0.350 e. The Morgan fingerprint density at radius 1 is 1.40 bits per heavy atom. The van der Waals surface area contributed by atoms with Crippen LogP contribution in [0.1, 0.15) is 10.5 Å². The zero-order valence-electron chi connectivity index (χ0n) is 10.8. The number of benzene rings is 1. The van der Waals surface area contributed by atoms with Gasteiger partial charge < -0.3 is 9.88 Å². The van der Waals surface area contributed by atoms with Gasteiger partial charge in [-0.25, -0.2) is 12.8 Å². The molecule has 0 radical (unpaired) electrons. The molecule has 2 aromatic rings. The van der Waals surface area contributed by atoms with E-state index >= 15 is 0 Å². The van der Waals surface area contributed by atoms with Gasteiger partial charge in [0.1, 0.15) is 11.5 Å². The summed E-state index contributed by atoms with van der Waals surface area (Å²) in [6, 6.07) is 6.03. The Kier molecular flexibility index (Phi) is 2.82. The quantitative estimate of drug-likeness (QED) is 0.904. The van der Waals surface area contributed by atoms with Crippen LogP contribution in [0.4, 0.5) is 4.39 Å². The Labute approximate surface area is 115 Å². The lowest BCUT2D eigenvalue weighted by Crippen LogP contribution is -2.56. The Balaban J connectivity index is 1.83. The molecular formula is C13H13FN2O3S. The van der Waals surface area contributed by atoms with Crippen molar-refractivity contribution in [1.29, 1.82) is 0 Å². The molecule has 7 heteroatoms. The maximum absolute atomic E-state index is 13.6. The Bertz CT molecular complexity index is 791. The topological polar surface area (TPSA) is 70.2 Å². The number of nitrogens with one attached hydrogen (secondary N) is 1. The van der Waals surface area contributed by atoms with Crippen molar-refractivity contribution in [3.63, 3.8) is 0 Å². The third kappa shape index (κ3) is 2.07. The molecule has 0 unspecified atom stereocenters. The van der Waals surface area contributed by atoms with Crippen LogP contribution in [0.3, 0.4) is 0 Å². The minimum absolute atomic E-state index is 0.190. The fourth-order valence-corrected chi connectivity index (χ4v) is 3.18. The van der Waals surface area contributed by atoms with Gasteiger partial charge in [0, 0.05) is 30.2 Å². The number of amides is 1. The molecule has 0 saturated carbocycles. The fourth-order valence-electron chi connectivity index (χ4n) is 2.28. The minimum atomic E-state index is -3.11. The van der Waals surface area contributed by atoms with Crippen LogP contribution in [0.2, 0.25) is 0 Å². The molecule has 1 N–H and O–H groups in total. The monoisotopic (exact) mass is 296 g/mol. The number of H-pyrrole nitrogens is 1. The Morgan fingerprint density at radius 2 is 2.10 bits per heavy atom. The Hall–Kier alpha value is -1.89. The maximum atomic E-state index is 13.6. The smallest absolute Gasteiger partial charge is 0.270 e. The third-order valence-corrected chi connectivity index (χ3v) is 5.09. The SMILES string of the molecule is CS(=O)(=O)C1CN(C(=O)c2cc3c(F)cccc3[nH]2)C1. The van der Waals surface area contributed by atoms with E-state index < -0.39 is 20.9 Å². The van der Waals surface area contributed by atoms with Crippen molar-refractivity contribution in [2.75, 3.05) is 19.3 Å². The summed E-state index contributed by atoms with van der Waals surface area (Å²) in [6.07, 6.45) is 1.16. The maximum Gasteiger partial charge on any atom is 0.270 e. The molecular weight excluding hydrogens is 283 g/mol. The van der Waals surface area contributed by atoms with Crippen LogP contribution in [0.15, 0.2) is 24.3 Å². The number of sulfone groups is 1. The van der Waals surface area contributed by atoms with Gasteiger partial charge >= 0.3 is 0 Å². The second-order valence-corrected chi connectivity index (χ2v) is 7.37. The van der Waals surface area contributed by atoms with Gasteiger partial charge in [-0.1, -0.05) is 6.07 Å². The standard InChI is InChI=1S/C13H13FN2O3S/c1-20(18,19)8-6-16(7-8)13(17)12-5-9-10(14)3-2-4-11(9)15-12/h2-5,8,15H,6-7H2,1H3. The molecule has 0 atom stereocenters. The van der Waals surface area contributed by atoms with Crippen LogP contribution in [0, 0.1) is 5.82 Å². The molecule has 0 aliphatic carbocycles.